The minimum Gasteiger partial charge on any atom is -0.406 e. The van der Waals surface area contributed by atoms with Crippen LogP contribution in [0.15, 0.2) is 47.5 Å². The third kappa shape index (κ3) is 6.10. The number of benzene rings is 1. The second-order valence-electron chi connectivity index (χ2n) is 7.01. The lowest BCUT2D eigenvalue weighted by atomic mass is 10.2. The van der Waals surface area contributed by atoms with Crippen molar-refractivity contribution >= 4 is 34.4 Å². The zero-order chi connectivity index (χ0) is 23.1. The summed E-state index contributed by atoms with van der Waals surface area (Å²) in [5.74, 6) is -1.41. The molecule has 0 atom stereocenters. The number of carbonyl (C=O) groups is 2. The Morgan fingerprint density at radius 3 is 2.53 bits per heavy atom. The van der Waals surface area contributed by atoms with Crippen LogP contribution in [0.1, 0.15) is 31.1 Å². The van der Waals surface area contributed by atoms with Gasteiger partial charge in [0.25, 0.3) is 11.8 Å². The summed E-state index contributed by atoms with van der Waals surface area (Å²) >= 11 is 1.30. The van der Waals surface area contributed by atoms with Gasteiger partial charge in [0, 0.05) is 36.4 Å². The van der Waals surface area contributed by atoms with Gasteiger partial charge in [0.15, 0.2) is 0 Å². The monoisotopic (exact) mass is 468 g/mol. The van der Waals surface area contributed by atoms with Gasteiger partial charge >= 0.3 is 6.36 Å². The summed E-state index contributed by atoms with van der Waals surface area (Å²) in [6, 6.07) is 8.59. The van der Waals surface area contributed by atoms with E-state index in [2.05, 4.69) is 17.0 Å². The minimum atomic E-state index is -4.84. The lowest BCUT2D eigenvalue weighted by molar-refractivity contribution is -0.274. The summed E-state index contributed by atoms with van der Waals surface area (Å²) in [5.41, 5.74) is 0.411. The van der Waals surface area contributed by atoms with Crippen LogP contribution in [-0.4, -0.2) is 42.8 Å². The first-order valence-electron chi connectivity index (χ1n) is 10.1. The van der Waals surface area contributed by atoms with Crippen LogP contribution in [0, 0.1) is 0 Å². The van der Waals surface area contributed by atoms with E-state index < -0.39 is 23.9 Å². The minimum absolute atomic E-state index is 0.0218. The first-order valence-corrected chi connectivity index (χ1v) is 11.0. The number of unbranched alkanes of at least 4 members (excludes halogenated alkanes) is 1. The Hall–Kier alpha value is -2.85. The van der Waals surface area contributed by atoms with Crippen molar-refractivity contribution in [1.82, 2.24) is 4.90 Å². The van der Waals surface area contributed by atoms with Crippen molar-refractivity contribution in [2.75, 3.05) is 25.1 Å². The Morgan fingerprint density at radius 2 is 1.84 bits per heavy atom. The standard InChI is InChI=1S/C22H23F3N2O4S/c1-2-3-11-30-12-6-10-27-20(28)18(17-9-5-13-32-17)19(21(27)29)26-15-7-4-8-16(14-15)31-22(23,24)25/h4-5,7-9,13-14,26H,2-3,6,10-12H2,1H3. The van der Waals surface area contributed by atoms with E-state index in [0.717, 1.165) is 29.9 Å². The number of alkyl halides is 3. The fraction of sp³-hybridized carbons (Fsp3) is 0.364. The quantitative estimate of drug-likeness (QED) is 0.370. The number of anilines is 1. The van der Waals surface area contributed by atoms with Gasteiger partial charge in [0.2, 0.25) is 0 Å². The fourth-order valence-corrected chi connectivity index (χ4v) is 3.90. The lowest BCUT2D eigenvalue weighted by Crippen LogP contribution is -2.34. The maximum Gasteiger partial charge on any atom is 0.573 e. The first-order chi connectivity index (χ1) is 15.3. The van der Waals surface area contributed by atoms with Crippen molar-refractivity contribution in [3.05, 3.63) is 52.4 Å². The number of thiophene rings is 1. The van der Waals surface area contributed by atoms with E-state index in [1.807, 2.05) is 0 Å². The Kier molecular flexibility index (Phi) is 7.92. The molecule has 1 aromatic carbocycles. The van der Waals surface area contributed by atoms with Gasteiger partial charge in [-0.15, -0.1) is 24.5 Å². The molecule has 0 fully saturated rings. The molecular weight excluding hydrogens is 445 g/mol. The van der Waals surface area contributed by atoms with Crippen LogP contribution in [0.4, 0.5) is 18.9 Å². The maximum absolute atomic E-state index is 13.0. The molecule has 1 aromatic heterocycles. The van der Waals surface area contributed by atoms with Crippen molar-refractivity contribution in [2.45, 2.75) is 32.5 Å². The van der Waals surface area contributed by atoms with Crippen LogP contribution in [0.5, 0.6) is 5.75 Å². The zero-order valence-corrected chi connectivity index (χ0v) is 18.2. The number of hydrogen-bond acceptors (Lipinski definition) is 6. The second kappa shape index (κ2) is 10.6. The Balaban J connectivity index is 1.78. The van der Waals surface area contributed by atoms with E-state index in [0.29, 0.717) is 24.5 Å². The van der Waals surface area contributed by atoms with Gasteiger partial charge in [-0.1, -0.05) is 25.5 Å². The summed E-state index contributed by atoms with van der Waals surface area (Å²) in [6.07, 6.45) is -2.39. The van der Waals surface area contributed by atoms with Crippen molar-refractivity contribution < 1.29 is 32.2 Å². The molecule has 1 aliphatic heterocycles. The molecular formula is C22H23F3N2O4S. The van der Waals surface area contributed by atoms with Crippen molar-refractivity contribution in [1.29, 1.82) is 0 Å². The molecule has 3 rings (SSSR count). The number of carbonyl (C=O) groups excluding carboxylic acids is 2. The molecule has 0 unspecified atom stereocenters. The number of ether oxygens (including phenoxy) is 2. The van der Waals surface area contributed by atoms with Gasteiger partial charge in [0.1, 0.15) is 11.4 Å². The van der Waals surface area contributed by atoms with Crippen LogP contribution in [0.3, 0.4) is 0 Å². The number of halogens is 3. The summed E-state index contributed by atoms with van der Waals surface area (Å²) in [7, 11) is 0. The molecule has 0 bridgehead atoms. The third-order valence-electron chi connectivity index (χ3n) is 4.59. The average Bonchev–Trinajstić information content (AvgIpc) is 3.32. The number of imide groups is 1. The van der Waals surface area contributed by atoms with Gasteiger partial charge in [-0.2, -0.15) is 0 Å². The molecule has 0 aliphatic carbocycles. The highest BCUT2D eigenvalue weighted by molar-refractivity contribution is 7.11. The topological polar surface area (TPSA) is 67.9 Å². The van der Waals surface area contributed by atoms with E-state index in [9.17, 15) is 22.8 Å². The fourth-order valence-electron chi connectivity index (χ4n) is 3.13. The Morgan fingerprint density at radius 1 is 1.06 bits per heavy atom. The normalized spacial score (nSPS) is 14.4. The molecule has 32 heavy (non-hydrogen) atoms. The largest absolute Gasteiger partial charge is 0.573 e. The predicted octanol–water partition coefficient (Wildman–Crippen LogP) is 5.05. The average molecular weight is 468 g/mol. The predicted molar refractivity (Wildman–Crippen MR) is 115 cm³/mol. The van der Waals surface area contributed by atoms with Crippen LogP contribution in [-0.2, 0) is 14.3 Å². The van der Waals surface area contributed by atoms with E-state index in [1.54, 1.807) is 17.5 Å². The Labute approximate surface area is 187 Å². The number of rotatable bonds is 11. The van der Waals surface area contributed by atoms with Gasteiger partial charge < -0.3 is 14.8 Å². The number of amides is 2. The number of hydrogen-bond donors (Lipinski definition) is 1. The lowest BCUT2D eigenvalue weighted by Gasteiger charge is -2.15. The van der Waals surface area contributed by atoms with Crippen LogP contribution in [0.2, 0.25) is 0 Å². The molecule has 2 amide bonds. The SMILES string of the molecule is CCCCOCCCN1C(=O)C(Nc2cccc(OC(F)(F)F)c2)=C(c2cccs2)C1=O. The molecule has 1 N–H and O–H groups in total. The highest BCUT2D eigenvalue weighted by Gasteiger charge is 2.39. The molecule has 6 nitrogen and oxygen atoms in total. The maximum atomic E-state index is 13.0. The zero-order valence-electron chi connectivity index (χ0n) is 17.4. The molecule has 0 saturated carbocycles. The molecule has 0 saturated heterocycles. The molecule has 0 spiro atoms. The van der Waals surface area contributed by atoms with E-state index >= 15 is 0 Å². The number of nitrogens with one attached hydrogen (secondary N) is 1. The molecule has 1 aliphatic rings. The summed E-state index contributed by atoms with van der Waals surface area (Å²) in [5, 5.41) is 4.61. The molecule has 172 valence electrons. The summed E-state index contributed by atoms with van der Waals surface area (Å²) in [4.78, 5) is 27.8. The van der Waals surface area contributed by atoms with Gasteiger partial charge in [-0.3, -0.25) is 14.5 Å². The Bertz CT molecular complexity index is 974. The van der Waals surface area contributed by atoms with E-state index in [4.69, 9.17) is 4.74 Å². The van der Waals surface area contributed by atoms with E-state index in [1.165, 1.54) is 23.5 Å². The van der Waals surface area contributed by atoms with E-state index in [-0.39, 0.29) is 23.5 Å². The summed E-state index contributed by atoms with van der Waals surface area (Å²) in [6.45, 7) is 3.29. The highest BCUT2D eigenvalue weighted by Crippen LogP contribution is 2.34. The van der Waals surface area contributed by atoms with Crippen molar-refractivity contribution in [2.24, 2.45) is 0 Å². The second-order valence-corrected chi connectivity index (χ2v) is 7.96. The van der Waals surface area contributed by atoms with Gasteiger partial charge in [-0.05, 0) is 36.4 Å². The molecule has 0 radical (unpaired) electrons. The van der Waals surface area contributed by atoms with Crippen LogP contribution >= 0.6 is 11.3 Å². The van der Waals surface area contributed by atoms with Crippen LogP contribution < -0.4 is 10.1 Å². The molecule has 2 heterocycles. The third-order valence-corrected chi connectivity index (χ3v) is 5.47. The van der Waals surface area contributed by atoms with Gasteiger partial charge in [-0.25, -0.2) is 0 Å². The van der Waals surface area contributed by atoms with Gasteiger partial charge in [0.05, 0.1) is 5.57 Å². The van der Waals surface area contributed by atoms with Crippen LogP contribution in [0.25, 0.3) is 5.57 Å². The first kappa shape index (κ1) is 23.8. The van der Waals surface area contributed by atoms with Crippen molar-refractivity contribution in [3.8, 4) is 5.75 Å². The molecule has 2 aromatic rings. The summed E-state index contributed by atoms with van der Waals surface area (Å²) < 4.78 is 47.1. The smallest absolute Gasteiger partial charge is 0.406 e. The highest BCUT2D eigenvalue weighted by atomic mass is 32.1. The number of nitrogens with zero attached hydrogens (tertiary/aromatic N) is 1. The molecule has 10 heteroatoms. The van der Waals surface area contributed by atoms with Crippen molar-refractivity contribution in [3.63, 3.8) is 0 Å².